The molecule has 182 valence electrons. The molecule has 1 unspecified atom stereocenters. The van der Waals surface area contributed by atoms with Crippen molar-refractivity contribution in [3.63, 3.8) is 0 Å². The zero-order valence-corrected chi connectivity index (χ0v) is 22.5. The maximum atomic E-state index is 13.3. The second-order valence-electron chi connectivity index (χ2n) is 10.2. The Morgan fingerprint density at radius 3 is 2.27 bits per heavy atom. The van der Waals surface area contributed by atoms with Crippen molar-refractivity contribution in [1.29, 1.82) is 0 Å². The highest BCUT2D eigenvalue weighted by Gasteiger charge is 2.28. The number of nitrogens with zero attached hydrogens (tertiary/aromatic N) is 1. The normalized spacial score (nSPS) is 16.7. The number of hydrogen-bond acceptors (Lipinski definition) is 4. The Morgan fingerprint density at radius 2 is 1.70 bits per heavy atom. The van der Waals surface area contributed by atoms with E-state index in [-0.39, 0.29) is 11.5 Å². The van der Waals surface area contributed by atoms with Crippen molar-refractivity contribution in [2.24, 2.45) is 5.41 Å². The summed E-state index contributed by atoms with van der Waals surface area (Å²) in [5.74, 6) is 0.738. The van der Waals surface area contributed by atoms with Crippen molar-refractivity contribution in [2.45, 2.75) is 88.1 Å². The van der Waals surface area contributed by atoms with Crippen LogP contribution >= 0.6 is 0 Å². The van der Waals surface area contributed by atoms with Gasteiger partial charge in [0.1, 0.15) is 5.58 Å². The van der Waals surface area contributed by atoms with Gasteiger partial charge in [-0.2, -0.15) is 0 Å². The molecule has 1 aromatic carbocycles. The fourth-order valence-electron chi connectivity index (χ4n) is 4.25. The molecule has 0 amide bonds. The first kappa shape index (κ1) is 26.8. The lowest BCUT2D eigenvalue weighted by Crippen LogP contribution is -2.38. The van der Waals surface area contributed by atoms with Crippen molar-refractivity contribution in [3.8, 4) is 0 Å². The van der Waals surface area contributed by atoms with Crippen LogP contribution in [0.3, 0.4) is 0 Å². The molecule has 1 saturated heterocycles. The van der Waals surface area contributed by atoms with E-state index < -0.39 is 0 Å². The number of fused-ring (bicyclic) bond motifs is 1. The maximum absolute atomic E-state index is 13.3. The summed E-state index contributed by atoms with van der Waals surface area (Å²) in [5.41, 5.74) is 6.27. The number of nitrogens with one attached hydrogen (secondary N) is 1. The Hall–Kier alpha value is -2.49. The molecule has 0 bridgehead atoms. The first-order valence-corrected chi connectivity index (χ1v) is 12.4. The lowest BCUT2D eigenvalue weighted by molar-refractivity contribution is 0.274. The van der Waals surface area contributed by atoms with Crippen LogP contribution < -0.4 is 15.6 Å². The third-order valence-corrected chi connectivity index (χ3v) is 6.35. The van der Waals surface area contributed by atoms with E-state index in [1.807, 2.05) is 33.8 Å². The van der Waals surface area contributed by atoms with Crippen LogP contribution in [0.2, 0.25) is 0 Å². The van der Waals surface area contributed by atoms with Gasteiger partial charge in [0.05, 0.1) is 17.0 Å². The van der Waals surface area contributed by atoms with Gasteiger partial charge in [0.2, 0.25) is 5.88 Å². The van der Waals surface area contributed by atoms with Crippen molar-refractivity contribution in [1.82, 2.24) is 5.32 Å². The molecule has 1 aliphatic heterocycles. The Kier molecular flexibility index (Phi) is 8.99. The maximum Gasteiger partial charge on any atom is 0.202 e. The van der Waals surface area contributed by atoms with Gasteiger partial charge in [-0.1, -0.05) is 45.4 Å². The molecule has 4 nitrogen and oxygen atoms in total. The van der Waals surface area contributed by atoms with Crippen LogP contribution in [0.5, 0.6) is 0 Å². The predicted octanol–water partition coefficient (Wildman–Crippen LogP) is 7.58. The third-order valence-electron chi connectivity index (χ3n) is 6.35. The van der Waals surface area contributed by atoms with Gasteiger partial charge in [-0.05, 0) is 77.5 Å². The second kappa shape index (κ2) is 11.1. The molecule has 33 heavy (non-hydrogen) atoms. The quantitative estimate of drug-likeness (QED) is 0.475. The first-order chi connectivity index (χ1) is 15.5. The molecular formula is C29H44N2O2. The SMILES string of the molecule is CC.CC(C)=C/C=C(\C)NC(C)c1cc(C)cc2c(=O)c(C)c(N3CCC(C)(C)CC3)oc12. The summed E-state index contributed by atoms with van der Waals surface area (Å²) >= 11 is 0. The molecule has 0 radical (unpaired) electrons. The predicted molar refractivity (Wildman–Crippen MR) is 143 cm³/mol. The molecule has 2 heterocycles. The molecule has 0 saturated carbocycles. The molecule has 1 aliphatic rings. The number of aryl methyl sites for hydroxylation is 1. The van der Waals surface area contributed by atoms with Gasteiger partial charge < -0.3 is 14.6 Å². The average molecular weight is 453 g/mol. The molecular weight excluding hydrogens is 408 g/mol. The number of rotatable bonds is 5. The van der Waals surface area contributed by atoms with Crippen LogP contribution in [0.1, 0.15) is 91.0 Å². The highest BCUT2D eigenvalue weighted by Crippen LogP contribution is 2.35. The largest absolute Gasteiger partial charge is 0.440 e. The fourth-order valence-corrected chi connectivity index (χ4v) is 4.25. The Balaban J connectivity index is 0.00000187. The van der Waals surface area contributed by atoms with Gasteiger partial charge in [0.15, 0.2) is 5.43 Å². The zero-order valence-electron chi connectivity index (χ0n) is 22.5. The molecule has 4 heteroatoms. The van der Waals surface area contributed by atoms with E-state index in [4.69, 9.17) is 4.42 Å². The van der Waals surface area contributed by atoms with Crippen molar-refractivity contribution in [3.05, 3.63) is 62.5 Å². The van der Waals surface area contributed by atoms with Gasteiger partial charge >= 0.3 is 0 Å². The van der Waals surface area contributed by atoms with E-state index in [2.05, 4.69) is 70.0 Å². The van der Waals surface area contributed by atoms with Gasteiger partial charge in [-0.25, -0.2) is 0 Å². The van der Waals surface area contributed by atoms with Gasteiger partial charge in [0, 0.05) is 24.4 Å². The molecule has 3 rings (SSSR count). The molecule has 1 atom stereocenters. The smallest absolute Gasteiger partial charge is 0.202 e. The molecule has 1 aromatic heterocycles. The topological polar surface area (TPSA) is 45.5 Å². The van der Waals surface area contributed by atoms with Crippen LogP contribution in [0.15, 0.2) is 44.8 Å². The Bertz CT molecular complexity index is 1070. The summed E-state index contributed by atoms with van der Waals surface area (Å²) in [6, 6.07) is 4.11. The molecule has 1 N–H and O–H groups in total. The van der Waals surface area contributed by atoms with Crippen LogP contribution in [-0.4, -0.2) is 13.1 Å². The average Bonchev–Trinajstić information content (AvgIpc) is 2.76. The summed E-state index contributed by atoms with van der Waals surface area (Å²) in [5, 5.41) is 4.23. The first-order valence-electron chi connectivity index (χ1n) is 12.4. The number of piperidine rings is 1. The van der Waals surface area contributed by atoms with Gasteiger partial charge in [-0.3, -0.25) is 4.79 Å². The van der Waals surface area contributed by atoms with Crippen molar-refractivity contribution < 1.29 is 4.42 Å². The number of allylic oxidation sites excluding steroid dienone is 4. The van der Waals surface area contributed by atoms with Crippen LogP contribution in [0.25, 0.3) is 11.0 Å². The monoisotopic (exact) mass is 452 g/mol. The minimum atomic E-state index is 0.0169. The fraction of sp³-hybridized carbons (Fsp3) is 0.552. The van der Waals surface area contributed by atoms with Crippen LogP contribution in [0, 0.1) is 19.3 Å². The van der Waals surface area contributed by atoms with Gasteiger partial charge in [0.25, 0.3) is 0 Å². The number of hydrogen-bond donors (Lipinski definition) is 1. The summed E-state index contributed by atoms with van der Waals surface area (Å²) < 4.78 is 6.52. The Labute approximate surface area is 200 Å². The minimum absolute atomic E-state index is 0.0169. The summed E-state index contributed by atoms with van der Waals surface area (Å²) in [6.45, 7) is 22.8. The van der Waals surface area contributed by atoms with E-state index in [1.165, 1.54) is 5.57 Å². The second-order valence-corrected chi connectivity index (χ2v) is 10.2. The standard InChI is InChI=1S/C27H38N2O2.C2H6/c1-17(2)9-10-19(4)28-21(6)22-15-18(3)16-23-24(30)20(5)26(31-25(22)23)29-13-11-27(7,8)12-14-29;1-2/h9-10,15-16,21,28H,11-14H2,1-8H3;1-2H3/b19-10+;. The summed E-state index contributed by atoms with van der Waals surface area (Å²) in [4.78, 5) is 15.6. The molecule has 0 aliphatic carbocycles. The zero-order chi connectivity index (χ0) is 24.9. The minimum Gasteiger partial charge on any atom is -0.440 e. The van der Waals surface area contributed by atoms with Crippen LogP contribution in [-0.2, 0) is 0 Å². The van der Waals surface area contributed by atoms with Crippen molar-refractivity contribution in [2.75, 3.05) is 18.0 Å². The summed E-state index contributed by atoms with van der Waals surface area (Å²) in [6.07, 6.45) is 6.39. The van der Waals surface area contributed by atoms with Gasteiger partial charge in [-0.15, -0.1) is 0 Å². The van der Waals surface area contributed by atoms with E-state index in [9.17, 15) is 4.79 Å². The molecule has 2 aromatic rings. The van der Waals surface area contributed by atoms with Crippen LogP contribution in [0.4, 0.5) is 5.88 Å². The summed E-state index contributed by atoms with van der Waals surface area (Å²) in [7, 11) is 0. The van der Waals surface area contributed by atoms with E-state index in [0.717, 1.165) is 48.6 Å². The van der Waals surface area contributed by atoms with E-state index in [1.54, 1.807) is 0 Å². The van der Waals surface area contributed by atoms with Crippen molar-refractivity contribution >= 4 is 16.9 Å². The number of anilines is 1. The lowest BCUT2D eigenvalue weighted by Gasteiger charge is -2.37. The molecule has 1 fully saturated rings. The number of benzene rings is 1. The lowest BCUT2D eigenvalue weighted by atomic mass is 9.82. The Morgan fingerprint density at radius 1 is 1.09 bits per heavy atom. The third kappa shape index (κ3) is 6.52. The van der Waals surface area contributed by atoms with E-state index >= 15 is 0 Å². The van der Waals surface area contributed by atoms with E-state index in [0.29, 0.717) is 21.9 Å². The molecule has 0 spiro atoms. The highest BCUT2D eigenvalue weighted by molar-refractivity contribution is 5.83. The highest BCUT2D eigenvalue weighted by atomic mass is 16.4.